The smallest absolute Gasteiger partial charge is 0.408 e. The van der Waals surface area contributed by atoms with Gasteiger partial charge in [-0.15, -0.1) is 0 Å². The van der Waals surface area contributed by atoms with Gasteiger partial charge in [0.15, 0.2) is 0 Å². The Morgan fingerprint density at radius 2 is 1.36 bits per heavy atom. The summed E-state index contributed by atoms with van der Waals surface area (Å²) in [5, 5.41) is 5.30. The second-order valence-corrected chi connectivity index (χ2v) is 13.7. The van der Waals surface area contributed by atoms with Crippen LogP contribution in [0.4, 0.5) is 9.59 Å². The van der Waals surface area contributed by atoms with E-state index in [0.29, 0.717) is 5.69 Å². The summed E-state index contributed by atoms with van der Waals surface area (Å²) in [6.45, 7) is 21.8. The number of rotatable bonds is 10. The highest BCUT2D eigenvalue weighted by Crippen LogP contribution is 2.28. The molecule has 0 aliphatic carbocycles. The van der Waals surface area contributed by atoms with E-state index in [1.54, 1.807) is 47.7 Å². The number of hydrogen-bond acceptors (Lipinski definition) is 8. The number of esters is 1. The SMILES string of the molecule is Cc1c(COC(=O)C(NC(=O)OC(C)(C)C)C(C)C)cccc1C(C)c1cn(C(=O)C(NC(=O)OC(C)(C)C)C(C)C)cn1. The molecule has 1 heterocycles. The van der Waals surface area contributed by atoms with Gasteiger partial charge < -0.3 is 24.8 Å². The van der Waals surface area contributed by atoms with Crippen molar-refractivity contribution in [1.29, 1.82) is 0 Å². The number of alkyl carbamates (subject to hydrolysis) is 2. The quantitative estimate of drug-likeness (QED) is 0.241. The van der Waals surface area contributed by atoms with Crippen LogP contribution in [0.1, 0.15) is 109 Å². The first kappa shape index (κ1) is 36.3. The first-order valence-electron chi connectivity index (χ1n) is 15.0. The van der Waals surface area contributed by atoms with Gasteiger partial charge in [0.25, 0.3) is 5.91 Å². The lowest BCUT2D eigenvalue weighted by Crippen LogP contribution is -2.48. The monoisotopic (exact) mass is 614 g/mol. The maximum Gasteiger partial charge on any atom is 0.408 e. The van der Waals surface area contributed by atoms with Crippen LogP contribution in [-0.2, 0) is 25.6 Å². The Bertz CT molecular complexity index is 1320. The van der Waals surface area contributed by atoms with Gasteiger partial charge in [-0.3, -0.25) is 9.36 Å². The van der Waals surface area contributed by atoms with Crippen molar-refractivity contribution >= 4 is 24.1 Å². The standard InChI is InChI=1S/C33H50N4O7/c1-19(2)26(35-30(40)43-32(7,8)9)28(38)37-16-25(34-18-37)22(6)24-15-13-14-23(21(24)5)17-42-29(39)27(20(3)4)36-31(41)44-33(10,11)12/h13-16,18-20,22,26-27H,17H2,1-12H3,(H,35,40)(H,36,41). The number of benzene rings is 1. The number of carbonyl (C=O) groups excluding carboxylic acids is 4. The molecule has 3 unspecified atom stereocenters. The molecule has 0 saturated heterocycles. The Kier molecular flexibility index (Phi) is 12.1. The largest absolute Gasteiger partial charge is 0.459 e. The molecular weight excluding hydrogens is 564 g/mol. The van der Waals surface area contributed by atoms with Crippen LogP contribution >= 0.6 is 0 Å². The molecule has 0 aliphatic rings. The predicted molar refractivity (Wildman–Crippen MR) is 167 cm³/mol. The van der Waals surface area contributed by atoms with Gasteiger partial charge in [0.2, 0.25) is 0 Å². The fraction of sp³-hybridized carbons (Fsp3) is 0.606. The van der Waals surface area contributed by atoms with Gasteiger partial charge in [-0.25, -0.2) is 19.4 Å². The zero-order valence-corrected chi connectivity index (χ0v) is 28.2. The first-order valence-corrected chi connectivity index (χ1v) is 15.0. The fourth-order valence-electron chi connectivity index (χ4n) is 4.45. The molecule has 0 saturated carbocycles. The molecule has 0 spiro atoms. The molecule has 2 N–H and O–H groups in total. The summed E-state index contributed by atoms with van der Waals surface area (Å²) in [5.74, 6) is -1.47. The number of nitrogens with one attached hydrogen (secondary N) is 2. The van der Waals surface area contributed by atoms with E-state index >= 15 is 0 Å². The van der Waals surface area contributed by atoms with E-state index in [0.717, 1.165) is 16.7 Å². The summed E-state index contributed by atoms with van der Waals surface area (Å²) in [4.78, 5) is 55.4. The molecule has 11 nitrogen and oxygen atoms in total. The summed E-state index contributed by atoms with van der Waals surface area (Å²) in [7, 11) is 0. The Morgan fingerprint density at radius 3 is 1.86 bits per heavy atom. The Morgan fingerprint density at radius 1 is 0.841 bits per heavy atom. The highest BCUT2D eigenvalue weighted by molar-refractivity contribution is 5.88. The van der Waals surface area contributed by atoms with E-state index in [-0.39, 0.29) is 30.3 Å². The average Bonchev–Trinajstić information content (AvgIpc) is 3.37. The van der Waals surface area contributed by atoms with Crippen molar-refractivity contribution in [2.75, 3.05) is 0 Å². The molecule has 11 heteroatoms. The predicted octanol–water partition coefficient (Wildman–Crippen LogP) is 6.13. The van der Waals surface area contributed by atoms with Crippen LogP contribution in [0, 0.1) is 18.8 Å². The minimum absolute atomic E-state index is 0.0176. The second-order valence-electron chi connectivity index (χ2n) is 13.7. The van der Waals surface area contributed by atoms with Crippen LogP contribution < -0.4 is 10.6 Å². The van der Waals surface area contributed by atoms with Gasteiger partial charge in [0.05, 0.1) is 5.69 Å². The topological polar surface area (TPSA) is 138 Å². The van der Waals surface area contributed by atoms with Crippen LogP contribution in [0.3, 0.4) is 0 Å². The van der Waals surface area contributed by atoms with E-state index in [9.17, 15) is 19.2 Å². The van der Waals surface area contributed by atoms with Crippen LogP contribution in [0.15, 0.2) is 30.7 Å². The van der Waals surface area contributed by atoms with Crippen LogP contribution in [-0.4, -0.2) is 56.9 Å². The zero-order valence-electron chi connectivity index (χ0n) is 28.2. The Hall–Kier alpha value is -3.89. The molecule has 1 aromatic heterocycles. The molecule has 244 valence electrons. The maximum absolute atomic E-state index is 13.3. The van der Waals surface area contributed by atoms with Gasteiger partial charge >= 0.3 is 18.2 Å². The number of amides is 2. The lowest BCUT2D eigenvalue weighted by molar-refractivity contribution is -0.148. The van der Waals surface area contributed by atoms with Crippen LogP contribution in [0.25, 0.3) is 0 Å². The zero-order chi connectivity index (χ0) is 33.6. The Labute approximate surface area is 261 Å². The number of aromatic nitrogens is 2. The minimum Gasteiger partial charge on any atom is -0.459 e. The van der Waals surface area contributed by atoms with Gasteiger partial charge in [-0.2, -0.15) is 0 Å². The maximum atomic E-state index is 13.3. The van der Waals surface area contributed by atoms with E-state index in [1.807, 2.05) is 59.7 Å². The van der Waals surface area contributed by atoms with E-state index in [1.165, 1.54) is 10.9 Å². The molecule has 1 aromatic carbocycles. The Balaban J connectivity index is 2.17. The highest BCUT2D eigenvalue weighted by atomic mass is 16.6. The van der Waals surface area contributed by atoms with Crippen LogP contribution in [0.5, 0.6) is 0 Å². The van der Waals surface area contributed by atoms with Gasteiger partial charge in [-0.1, -0.05) is 52.8 Å². The second kappa shape index (κ2) is 14.7. The average molecular weight is 615 g/mol. The third-order valence-electron chi connectivity index (χ3n) is 6.82. The molecule has 0 radical (unpaired) electrons. The number of hydrogen-bond donors (Lipinski definition) is 2. The number of imidazole rings is 1. The van der Waals surface area contributed by atoms with Crippen LogP contribution in [0.2, 0.25) is 0 Å². The number of carbonyl (C=O) groups is 4. The van der Waals surface area contributed by atoms with Crippen molar-refractivity contribution in [1.82, 2.24) is 20.2 Å². The molecule has 44 heavy (non-hydrogen) atoms. The normalized spacial score (nSPS) is 14.0. The minimum atomic E-state index is -0.867. The van der Waals surface area contributed by atoms with Crippen molar-refractivity contribution in [3.05, 3.63) is 53.1 Å². The number of nitrogens with zero attached hydrogens (tertiary/aromatic N) is 2. The lowest BCUT2D eigenvalue weighted by atomic mass is 9.91. The van der Waals surface area contributed by atoms with E-state index < -0.39 is 41.4 Å². The van der Waals surface area contributed by atoms with Gasteiger partial charge in [0, 0.05) is 12.1 Å². The third-order valence-corrected chi connectivity index (χ3v) is 6.82. The summed E-state index contributed by atoms with van der Waals surface area (Å²) < 4.78 is 17.7. The third kappa shape index (κ3) is 10.7. The highest BCUT2D eigenvalue weighted by Gasteiger charge is 2.30. The molecule has 2 rings (SSSR count). The van der Waals surface area contributed by atoms with Crippen molar-refractivity contribution in [2.45, 2.75) is 119 Å². The van der Waals surface area contributed by atoms with Crippen molar-refractivity contribution in [3.8, 4) is 0 Å². The molecule has 2 aromatic rings. The lowest BCUT2D eigenvalue weighted by Gasteiger charge is -2.25. The van der Waals surface area contributed by atoms with Crippen molar-refractivity contribution < 1.29 is 33.4 Å². The van der Waals surface area contributed by atoms with Gasteiger partial charge in [-0.05, 0) is 77.0 Å². The van der Waals surface area contributed by atoms with Gasteiger partial charge in [0.1, 0.15) is 36.2 Å². The number of ether oxygens (including phenoxy) is 3. The summed E-state index contributed by atoms with van der Waals surface area (Å²) in [5.41, 5.74) is 1.96. The van der Waals surface area contributed by atoms with Crippen molar-refractivity contribution in [3.63, 3.8) is 0 Å². The molecule has 0 fully saturated rings. The molecule has 3 atom stereocenters. The molecule has 0 aliphatic heterocycles. The summed E-state index contributed by atoms with van der Waals surface area (Å²) >= 11 is 0. The molecular formula is C33H50N4O7. The summed E-state index contributed by atoms with van der Waals surface area (Å²) in [6, 6.07) is 4.05. The van der Waals surface area contributed by atoms with E-state index in [4.69, 9.17) is 14.2 Å². The molecule has 0 bridgehead atoms. The summed E-state index contributed by atoms with van der Waals surface area (Å²) in [6.07, 6.45) is 1.77. The van der Waals surface area contributed by atoms with Crippen molar-refractivity contribution in [2.24, 2.45) is 11.8 Å². The van der Waals surface area contributed by atoms with E-state index in [2.05, 4.69) is 15.6 Å². The first-order chi connectivity index (χ1) is 20.2. The fourth-order valence-corrected chi connectivity index (χ4v) is 4.45. The molecule has 2 amide bonds.